The summed E-state index contributed by atoms with van der Waals surface area (Å²) < 4.78 is 1.73. The highest BCUT2D eigenvalue weighted by molar-refractivity contribution is 5.67. The quantitative estimate of drug-likeness (QED) is 0.671. The van der Waals surface area contributed by atoms with Crippen LogP contribution in [0.3, 0.4) is 0 Å². The molecule has 1 aliphatic carbocycles. The van der Waals surface area contributed by atoms with Crippen LogP contribution in [0.1, 0.15) is 31.2 Å². The molecule has 0 aliphatic heterocycles. The minimum atomic E-state index is -0.187. The van der Waals surface area contributed by atoms with Gasteiger partial charge in [-0.3, -0.25) is 0 Å². The molecule has 0 spiro atoms. The number of imidazole rings is 1. The number of phenols is 1. The van der Waals surface area contributed by atoms with Gasteiger partial charge in [0.05, 0.1) is 23.6 Å². The number of aromatic nitrogens is 3. The number of aromatic hydroxyl groups is 1. The fraction of sp³-hybridized carbons (Fsp3) is 0.316. The van der Waals surface area contributed by atoms with Gasteiger partial charge in [0.25, 0.3) is 0 Å². The molecule has 1 fully saturated rings. The van der Waals surface area contributed by atoms with Gasteiger partial charge in [0.15, 0.2) is 5.65 Å². The topological polar surface area (TPSA) is 106 Å². The van der Waals surface area contributed by atoms with Crippen LogP contribution in [0.15, 0.2) is 36.5 Å². The highest BCUT2D eigenvalue weighted by atomic mass is 16.3. The van der Waals surface area contributed by atoms with Crippen LogP contribution in [-0.2, 0) is 0 Å². The first-order chi connectivity index (χ1) is 12.6. The van der Waals surface area contributed by atoms with Crippen molar-refractivity contribution in [2.45, 2.75) is 37.8 Å². The maximum atomic E-state index is 9.70. The maximum Gasteiger partial charge on any atom is 0.154 e. The second kappa shape index (κ2) is 6.65. The molecule has 7 nitrogen and oxygen atoms in total. The molecule has 0 radical (unpaired) electrons. The molecule has 2 heterocycles. The van der Waals surface area contributed by atoms with Gasteiger partial charge in [-0.15, -0.1) is 5.10 Å². The molecule has 0 bridgehead atoms. The number of fused-ring (bicyclic) bond motifs is 1. The van der Waals surface area contributed by atoms with Crippen molar-refractivity contribution in [1.82, 2.24) is 14.6 Å². The van der Waals surface area contributed by atoms with E-state index in [2.05, 4.69) is 15.4 Å². The zero-order valence-corrected chi connectivity index (χ0v) is 14.1. The molecule has 3 aromatic rings. The normalized spacial score (nSPS) is 20.0. The second-order valence-corrected chi connectivity index (χ2v) is 6.63. The molecular weight excluding hydrogens is 330 g/mol. The van der Waals surface area contributed by atoms with E-state index in [0.29, 0.717) is 11.7 Å². The molecule has 4 rings (SSSR count). The van der Waals surface area contributed by atoms with Gasteiger partial charge in [-0.05, 0) is 56.0 Å². The van der Waals surface area contributed by atoms with Crippen molar-refractivity contribution in [1.29, 1.82) is 5.26 Å². The number of hydrogen-bond acceptors (Lipinski definition) is 6. The van der Waals surface area contributed by atoms with Gasteiger partial charge in [-0.2, -0.15) is 5.26 Å². The van der Waals surface area contributed by atoms with E-state index in [-0.39, 0.29) is 17.4 Å². The van der Waals surface area contributed by atoms with E-state index >= 15 is 0 Å². The Morgan fingerprint density at radius 1 is 1.15 bits per heavy atom. The molecule has 26 heavy (non-hydrogen) atoms. The Balaban J connectivity index is 1.66. The zero-order chi connectivity index (χ0) is 18.1. The Kier molecular flexibility index (Phi) is 4.19. The average Bonchev–Trinajstić information content (AvgIpc) is 3.07. The van der Waals surface area contributed by atoms with Gasteiger partial charge in [0.2, 0.25) is 0 Å². The number of nitrogens with one attached hydrogen (secondary N) is 1. The molecule has 0 unspecified atom stereocenters. The largest absolute Gasteiger partial charge is 0.507 e. The lowest BCUT2D eigenvalue weighted by Crippen LogP contribution is -2.28. The lowest BCUT2D eigenvalue weighted by Gasteiger charge is -2.26. The number of nitrogens with zero attached hydrogens (tertiary/aromatic N) is 4. The van der Waals surface area contributed by atoms with E-state index < -0.39 is 0 Å². The van der Waals surface area contributed by atoms with E-state index in [1.807, 2.05) is 18.2 Å². The van der Waals surface area contributed by atoms with E-state index in [4.69, 9.17) is 5.26 Å². The number of aliphatic hydroxyl groups is 1. The number of anilines is 1. The van der Waals surface area contributed by atoms with Crippen LogP contribution in [0.4, 0.5) is 5.82 Å². The minimum Gasteiger partial charge on any atom is -0.507 e. The van der Waals surface area contributed by atoms with Gasteiger partial charge in [-0.1, -0.05) is 0 Å². The third-order valence-electron chi connectivity index (χ3n) is 4.82. The summed E-state index contributed by atoms with van der Waals surface area (Å²) in [7, 11) is 0. The second-order valence-electron chi connectivity index (χ2n) is 6.63. The third-order valence-corrected chi connectivity index (χ3v) is 4.82. The van der Waals surface area contributed by atoms with Crippen LogP contribution < -0.4 is 5.32 Å². The van der Waals surface area contributed by atoms with Crippen LogP contribution in [0.25, 0.3) is 16.9 Å². The number of aliphatic hydroxyl groups excluding tert-OH is 1. The highest BCUT2D eigenvalue weighted by Crippen LogP contribution is 2.27. The molecule has 7 heteroatoms. The Labute approximate surface area is 150 Å². The molecule has 0 saturated heterocycles. The first-order valence-electron chi connectivity index (χ1n) is 8.67. The molecule has 3 N–H and O–H groups in total. The van der Waals surface area contributed by atoms with Gasteiger partial charge in [0.1, 0.15) is 17.6 Å². The zero-order valence-electron chi connectivity index (χ0n) is 14.1. The van der Waals surface area contributed by atoms with Crippen LogP contribution in [0, 0.1) is 11.3 Å². The summed E-state index contributed by atoms with van der Waals surface area (Å²) in [4.78, 5) is 4.37. The van der Waals surface area contributed by atoms with Crippen molar-refractivity contribution in [3.05, 3.63) is 42.1 Å². The van der Waals surface area contributed by atoms with Crippen LogP contribution in [0.5, 0.6) is 5.75 Å². The third kappa shape index (κ3) is 3.07. The van der Waals surface area contributed by atoms with Crippen molar-refractivity contribution in [3.63, 3.8) is 0 Å². The summed E-state index contributed by atoms with van der Waals surface area (Å²) in [6, 6.07) is 10.9. The molecular formula is C19H19N5O2. The van der Waals surface area contributed by atoms with Crippen molar-refractivity contribution < 1.29 is 10.2 Å². The van der Waals surface area contributed by atoms with E-state index in [9.17, 15) is 10.2 Å². The van der Waals surface area contributed by atoms with Crippen LogP contribution in [-0.4, -0.2) is 37.0 Å². The Morgan fingerprint density at radius 2 is 1.96 bits per heavy atom. The van der Waals surface area contributed by atoms with Crippen molar-refractivity contribution in [2.24, 2.45) is 0 Å². The standard InChI is InChI=1S/C19H19N5O2/c20-10-13-9-12(1-6-17(13)26)16-11-21-19-8-7-18(23-24(16)19)22-14-2-4-15(25)5-3-14/h1,6-9,11,14-15,25-26H,2-5H2,(H,22,23). The Morgan fingerprint density at radius 3 is 2.73 bits per heavy atom. The minimum absolute atomic E-state index is 0.0418. The summed E-state index contributed by atoms with van der Waals surface area (Å²) in [6.45, 7) is 0. The van der Waals surface area contributed by atoms with Crippen molar-refractivity contribution in [3.8, 4) is 23.1 Å². The summed E-state index contributed by atoms with van der Waals surface area (Å²) in [5, 5.41) is 36.5. The molecule has 1 aliphatic rings. The van der Waals surface area contributed by atoms with Gasteiger partial charge in [0, 0.05) is 11.6 Å². The number of nitriles is 1. The van der Waals surface area contributed by atoms with Gasteiger partial charge >= 0.3 is 0 Å². The fourth-order valence-electron chi connectivity index (χ4n) is 3.36. The number of phenolic OH excluding ortho intramolecular Hbond substituents is 1. The number of rotatable bonds is 3. The summed E-state index contributed by atoms with van der Waals surface area (Å²) in [6.07, 6.45) is 4.97. The van der Waals surface area contributed by atoms with E-state index in [0.717, 1.165) is 42.8 Å². The van der Waals surface area contributed by atoms with Crippen LogP contribution in [0.2, 0.25) is 0 Å². The molecule has 0 amide bonds. The van der Waals surface area contributed by atoms with Crippen LogP contribution >= 0.6 is 0 Å². The Hall–Kier alpha value is -3.11. The maximum absolute atomic E-state index is 9.70. The Bertz CT molecular complexity index is 983. The highest BCUT2D eigenvalue weighted by Gasteiger charge is 2.19. The molecule has 1 aromatic carbocycles. The first-order valence-corrected chi connectivity index (χ1v) is 8.67. The number of benzene rings is 1. The predicted molar refractivity (Wildman–Crippen MR) is 96.7 cm³/mol. The summed E-state index contributed by atoms with van der Waals surface area (Å²) in [5.41, 5.74) is 2.43. The lowest BCUT2D eigenvalue weighted by molar-refractivity contribution is 0.126. The van der Waals surface area contributed by atoms with Crippen molar-refractivity contribution >= 4 is 11.5 Å². The molecule has 0 atom stereocenters. The summed E-state index contributed by atoms with van der Waals surface area (Å²) in [5.74, 6) is 0.706. The van der Waals surface area contributed by atoms with E-state index in [1.165, 1.54) is 6.07 Å². The van der Waals surface area contributed by atoms with Gasteiger partial charge < -0.3 is 15.5 Å². The SMILES string of the molecule is N#Cc1cc(-c2cnc3ccc(NC4CCC(O)CC4)nn23)ccc1O. The summed E-state index contributed by atoms with van der Waals surface area (Å²) >= 11 is 0. The van der Waals surface area contributed by atoms with Gasteiger partial charge in [-0.25, -0.2) is 9.50 Å². The number of hydrogen-bond donors (Lipinski definition) is 3. The molecule has 1 saturated carbocycles. The molecule has 132 valence electrons. The lowest BCUT2D eigenvalue weighted by atomic mass is 9.93. The smallest absolute Gasteiger partial charge is 0.154 e. The average molecular weight is 349 g/mol. The van der Waals surface area contributed by atoms with Crippen molar-refractivity contribution in [2.75, 3.05) is 5.32 Å². The first kappa shape index (κ1) is 16.4. The van der Waals surface area contributed by atoms with E-state index in [1.54, 1.807) is 22.8 Å². The fourth-order valence-corrected chi connectivity index (χ4v) is 3.36. The molecule has 2 aromatic heterocycles. The predicted octanol–water partition coefficient (Wildman–Crippen LogP) is 2.69. The monoisotopic (exact) mass is 349 g/mol.